The number of esters is 2. The van der Waals surface area contributed by atoms with Gasteiger partial charge in [-0.15, -0.1) is 0 Å². The van der Waals surface area contributed by atoms with Gasteiger partial charge in [0.2, 0.25) is 0 Å². The van der Waals surface area contributed by atoms with Crippen LogP contribution < -0.4 is 10.1 Å². The summed E-state index contributed by atoms with van der Waals surface area (Å²) in [6.45, 7) is -0.344. The molecule has 1 N–H and O–H groups in total. The Balaban J connectivity index is 2.06. The molecule has 0 radical (unpaired) electrons. The van der Waals surface area contributed by atoms with Gasteiger partial charge >= 0.3 is 11.9 Å². The Labute approximate surface area is 144 Å². The van der Waals surface area contributed by atoms with Gasteiger partial charge in [-0.25, -0.2) is 9.59 Å². The molecular formula is C18H17NO6. The molecule has 0 saturated heterocycles. The van der Waals surface area contributed by atoms with Crippen LogP contribution in [0, 0.1) is 0 Å². The average Bonchev–Trinajstić information content (AvgIpc) is 2.65. The van der Waals surface area contributed by atoms with Crippen LogP contribution in [0.4, 0.5) is 5.69 Å². The van der Waals surface area contributed by atoms with Crippen LogP contribution in [0.2, 0.25) is 0 Å². The smallest absolute Gasteiger partial charge is 0.341 e. The van der Waals surface area contributed by atoms with E-state index in [1.54, 1.807) is 36.4 Å². The third-order valence-corrected chi connectivity index (χ3v) is 3.26. The van der Waals surface area contributed by atoms with Crippen LogP contribution in [-0.4, -0.2) is 38.7 Å². The Morgan fingerprint density at radius 1 is 0.840 bits per heavy atom. The number of benzene rings is 2. The van der Waals surface area contributed by atoms with E-state index in [9.17, 15) is 14.4 Å². The Hall–Kier alpha value is -3.35. The SMILES string of the molecule is COC(=O)c1ccccc1NC(=O)COc1ccccc1C(=O)OC. The first-order valence-electron chi connectivity index (χ1n) is 7.34. The molecule has 1 amide bonds. The van der Waals surface area contributed by atoms with Crippen LogP contribution in [0.25, 0.3) is 0 Å². The van der Waals surface area contributed by atoms with Gasteiger partial charge in [-0.1, -0.05) is 24.3 Å². The number of carbonyl (C=O) groups is 3. The van der Waals surface area contributed by atoms with Gasteiger partial charge in [0, 0.05) is 0 Å². The molecule has 0 spiro atoms. The maximum Gasteiger partial charge on any atom is 0.341 e. The van der Waals surface area contributed by atoms with Crippen molar-refractivity contribution in [1.29, 1.82) is 0 Å². The molecule has 0 heterocycles. The van der Waals surface area contributed by atoms with Crippen LogP contribution in [0.15, 0.2) is 48.5 Å². The predicted molar refractivity (Wildman–Crippen MR) is 89.7 cm³/mol. The van der Waals surface area contributed by atoms with Gasteiger partial charge in [0.1, 0.15) is 11.3 Å². The highest BCUT2D eigenvalue weighted by Crippen LogP contribution is 2.19. The van der Waals surface area contributed by atoms with Crippen molar-refractivity contribution in [2.45, 2.75) is 0 Å². The quantitative estimate of drug-likeness (QED) is 0.809. The molecule has 7 heteroatoms. The first kappa shape index (κ1) is 18.0. The molecule has 0 saturated carbocycles. The number of hydrogen-bond donors (Lipinski definition) is 1. The summed E-state index contributed by atoms with van der Waals surface area (Å²) >= 11 is 0. The fraction of sp³-hybridized carbons (Fsp3) is 0.167. The van der Waals surface area contributed by atoms with Gasteiger partial charge in [-0.2, -0.15) is 0 Å². The first-order chi connectivity index (χ1) is 12.1. The van der Waals surface area contributed by atoms with Crippen molar-refractivity contribution in [3.05, 3.63) is 59.7 Å². The lowest BCUT2D eigenvalue weighted by atomic mass is 10.2. The summed E-state index contributed by atoms with van der Waals surface area (Å²) in [6, 6.07) is 12.9. The molecule has 130 valence electrons. The molecule has 0 aliphatic heterocycles. The summed E-state index contributed by atoms with van der Waals surface area (Å²) in [6.07, 6.45) is 0. The summed E-state index contributed by atoms with van der Waals surface area (Å²) in [5.74, 6) is -1.39. The summed E-state index contributed by atoms with van der Waals surface area (Å²) in [5.41, 5.74) is 0.755. The number of nitrogens with one attached hydrogen (secondary N) is 1. The third kappa shape index (κ3) is 4.57. The molecule has 0 bridgehead atoms. The van der Waals surface area contributed by atoms with Crippen LogP contribution in [-0.2, 0) is 14.3 Å². The molecule has 7 nitrogen and oxygen atoms in total. The fourth-order valence-corrected chi connectivity index (χ4v) is 2.08. The number of carbonyl (C=O) groups excluding carboxylic acids is 3. The molecule has 0 atom stereocenters. The molecule has 0 aliphatic carbocycles. The standard InChI is InChI=1S/C18H17NO6/c1-23-17(21)12-7-3-5-9-14(12)19-16(20)11-25-15-10-6-4-8-13(15)18(22)24-2/h3-10H,11H2,1-2H3,(H,19,20). The molecule has 0 unspecified atom stereocenters. The highest BCUT2D eigenvalue weighted by Gasteiger charge is 2.16. The second-order valence-electron chi connectivity index (χ2n) is 4.86. The van der Waals surface area contributed by atoms with E-state index in [0.717, 1.165) is 0 Å². The number of anilines is 1. The first-order valence-corrected chi connectivity index (χ1v) is 7.34. The summed E-state index contributed by atoms with van der Waals surface area (Å²) < 4.78 is 14.7. The molecule has 0 fully saturated rings. The van der Waals surface area contributed by atoms with E-state index in [2.05, 4.69) is 14.8 Å². The molecule has 0 aliphatic rings. The molecule has 2 aromatic rings. The zero-order valence-electron chi connectivity index (χ0n) is 13.8. The van der Waals surface area contributed by atoms with E-state index in [0.29, 0.717) is 5.69 Å². The topological polar surface area (TPSA) is 90.9 Å². The number of hydrogen-bond acceptors (Lipinski definition) is 6. The largest absolute Gasteiger partial charge is 0.483 e. The number of methoxy groups -OCH3 is 2. The van der Waals surface area contributed by atoms with Crippen LogP contribution in [0.1, 0.15) is 20.7 Å². The Kier molecular flexibility index (Phi) is 6.11. The molecule has 0 aromatic heterocycles. The van der Waals surface area contributed by atoms with E-state index >= 15 is 0 Å². The van der Waals surface area contributed by atoms with Crippen molar-refractivity contribution in [3.63, 3.8) is 0 Å². The predicted octanol–water partition coefficient (Wildman–Crippen LogP) is 2.28. The number of amides is 1. The van der Waals surface area contributed by atoms with Crippen LogP contribution in [0.3, 0.4) is 0 Å². The van der Waals surface area contributed by atoms with Gasteiger partial charge in [-0.3, -0.25) is 4.79 Å². The average molecular weight is 343 g/mol. The summed E-state index contributed by atoms with van der Waals surface area (Å²) in [7, 11) is 2.52. The van der Waals surface area contributed by atoms with E-state index < -0.39 is 17.8 Å². The number of rotatable bonds is 6. The van der Waals surface area contributed by atoms with Gasteiger partial charge in [0.15, 0.2) is 6.61 Å². The van der Waals surface area contributed by atoms with Gasteiger partial charge in [0.25, 0.3) is 5.91 Å². The van der Waals surface area contributed by atoms with Crippen LogP contribution in [0.5, 0.6) is 5.75 Å². The number of para-hydroxylation sites is 2. The highest BCUT2D eigenvalue weighted by molar-refractivity contribution is 6.01. The van der Waals surface area contributed by atoms with E-state index in [1.165, 1.54) is 26.4 Å². The van der Waals surface area contributed by atoms with Gasteiger partial charge in [-0.05, 0) is 24.3 Å². The highest BCUT2D eigenvalue weighted by atomic mass is 16.5. The molecular weight excluding hydrogens is 326 g/mol. The van der Waals surface area contributed by atoms with Crippen molar-refractivity contribution < 1.29 is 28.6 Å². The van der Waals surface area contributed by atoms with Crippen molar-refractivity contribution in [1.82, 2.24) is 0 Å². The van der Waals surface area contributed by atoms with Crippen molar-refractivity contribution in [2.75, 3.05) is 26.1 Å². The minimum absolute atomic E-state index is 0.216. The molecule has 2 aromatic carbocycles. The zero-order valence-corrected chi connectivity index (χ0v) is 13.8. The lowest BCUT2D eigenvalue weighted by molar-refractivity contribution is -0.118. The molecule has 25 heavy (non-hydrogen) atoms. The lowest BCUT2D eigenvalue weighted by Gasteiger charge is -2.12. The normalized spacial score (nSPS) is 9.84. The van der Waals surface area contributed by atoms with Gasteiger partial charge < -0.3 is 19.5 Å². The monoisotopic (exact) mass is 343 g/mol. The maximum atomic E-state index is 12.1. The summed E-state index contributed by atoms with van der Waals surface area (Å²) in [4.78, 5) is 35.5. The number of ether oxygens (including phenoxy) is 3. The fourth-order valence-electron chi connectivity index (χ4n) is 2.08. The van der Waals surface area contributed by atoms with Crippen molar-refractivity contribution in [2.24, 2.45) is 0 Å². The van der Waals surface area contributed by atoms with E-state index in [1.807, 2.05) is 0 Å². The van der Waals surface area contributed by atoms with E-state index in [4.69, 9.17) is 4.74 Å². The second-order valence-corrected chi connectivity index (χ2v) is 4.86. The third-order valence-electron chi connectivity index (χ3n) is 3.26. The lowest BCUT2D eigenvalue weighted by Crippen LogP contribution is -2.22. The second kappa shape index (κ2) is 8.49. The Morgan fingerprint density at radius 3 is 2.08 bits per heavy atom. The zero-order chi connectivity index (χ0) is 18.2. The summed E-state index contributed by atoms with van der Waals surface area (Å²) in [5, 5.41) is 2.58. The maximum absolute atomic E-state index is 12.1. The molecule has 2 rings (SSSR count). The van der Waals surface area contributed by atoms with Crippen molar-refractivity contribution >= 4 is 23.5 Å². The van der Waals surface area contributed by atoms with Gasteiger partial charge in [0.05, 0.1) is 25.5 Å². The Bertz CT molecular complexity index is 787. The minimum Gasteiger partial charge on any atom is -0.483 e. The van der Waals surface area contributed by atoms with E-state index in [-0.39, 0.29) is 23.5 Å². The Morgan fingerprint density at radius 2 is 1.40 bits per heavy atom. The van der Waals surface area contributed by atoms with Crippen molar-refractivity contribution in [3.8, 4) is 5.75 Å². The minimum atomic E-state index is -0.563. The van der Waals surface area contributed by atoms with Crippen LogP contribution >= 0.6 is 0 Å².